The summed E-state index contributed by atoms with van der Waals surface area (Å²) >= 11 is 0. The van der Waals surface area contributed by atoms with Gasteiger partial charge in [0.15, 0.2) is 6.10 Å². The summed E-state index contributed by atoms with van der Waals surface area (Å²) in [6.07, 6.45) is 74.4. The molecule has 0 bridgehead atoms. The molecule has 0 amide bonds. The number of allylic oxidation sites excluding steroid dienone is 22. The van der Waals surface area contributed by atoms with Crippen LogP contribution in [-0.2, 0) is 28.6 Å². The molecule has 0 aromatic heterocycles. The highest BCUT2D eigenvalue weighted by molar-refractivity contribution is 5.71. The number of ether oxygens (including phenoxy) is 3. The summed E-state index contributed by atoms with van der Waals surface area (Å²) in [5.74, 6) is -1.05. The SMILES string of the molecule is CC\C=C/C=C\C=C/C=C\C=C/CCCC(=O)OCC(COC(=O)CCCCC/C=C\C/C=C\C/C=C\C/C=C\C/C=C\CC)OC(=O)CCCCCCC/C=C\CCCCCCCCC. The zero-order valence-corrected chi connectivity index (χ0v) is 42.1. The van der Waals surface area contributed by atoms with Crippen molar-refractivity contribution in [2.24, 2.45) is 0 Å². The van der Waals surface area contributed by atoms with Gasteiger partial charge in [-0.15, -0.1) is 0 Å². The molecule has 0 rings (SSSR count). The Morgan fingerprint density at radius 2 is 0.682 bits per heavy atom. The van der Waals surface area contributed by atoms with Crippen LogP contribution in [-0.4, -0.2) is 37.2 Å². The van der Waals surface area contributed by atoms with Crippen molar-refractivity contribution in [1.82, 2.24) is 0 Å². The van der Waals surface area contributed by atoms with E-state index < -0.39 is 6.10 Å². The van der Waals surface area contributed by atoms with Crippen molar-refractivity contribution in [3.05, 3.63) is 134 Å². The van der Waals surface area contributed by atoms with E-state index in [9.17, 15) is 14.4 Å². The molecule has 1 atom stereocenters. The van der Waals surface area contributed by atoms with E-state index >= 15 is 0 Å². The van der Waals surface area contributed by atoms with Gasteiger partial charge in [0, 0.05) is 19.3 Å². The van der Waals surface area contributed by atoms with Crippen LogP contribution >= 0.6 is 0 Å². The van der Waals surface area contributed by atoms with Gasteiger partial charge in [0.05, 0.1) is 0 Å². The fraction of sp³-hybridized carbons (Fsp3) is 0.583. The maximum absolute atomic E-state index is 12.8. The fourth-order valence-electron chi connectivity index (χ4n) is 6.61. The van der Waals surface area contributed by atoms with Crippen LogP contribution in [0, 0.1) is 0 Å². The highest BCUT2D eigenvalue weighted by atomic mass is 16.6. The first-order valence-electron chi connectivity index (χ1n) is 26.3. The molecule has 0 aliphatic rings. The normalized spacial score (nSPS) is 13.2. The van der Waals surface area contributed by atoms with E-state index in [1.54, 1.807) is 0 Å². The maximum atomic E-state index is 12.8. The van der Waals surface area contributed by atoms with Crippen molar-refractivity contribution in [3.63, 3.8) is 0 Å². The minimum atomic E-state index is -0.829. The molecule has 66 heavy (non-hydrogen) atoms. The van der Waals surface area contributed by atoms with Gasteiger partial charge in [-0.1, -0.05) is 219 Å². The molecule has 0 aromatic carbocycles. The lowest BCUT2D eigenvalue weighted by molar-refractivity contribution is -0.167. The van der Waals surface area contributed by atoms with Gasteiger partial charge in [-0.3, -0.25) is 14.4 Å². The van der Waals surface area contributed by atoms with Crippen LogP contribution in [0.5, 0.6) is 0 Å². The Hall–Kier alpha value is -4.45. The highest BCUT2D eigenvalue weighted by Crippen LogP contribution is 2.13. The maximum Gasteiger partial charge on any atom is 0.306 e. The topological polar surface area (TPSA) is 78.9 Å². The molecule has 0 radical (unpaired) electrons. The van der Waals surface area contributed by atoms with E-state index in [-0.39, 0.29) is 44.0 Å². The summed E-state index contributed by atoms with van der Waals surface area (Å²) in [6.45, 7) is 6.26. The second kappa shape index (κ2) is 53.2. The van der Waals surface area contributed by atoms with Crippen LogP contribution in [0.1, 0.15) is 207 Å². The lowest BCUT2D eigenvalue weighted by atomic mass is 10.1. The molecule has 0 aromatic rings. The standard InChI is InChI=1S/C60H94O6/c1-4-7-10-13-16-19-22-25-27-29-30-31-33-35-38-41-44-47-50-53-59(62)65-56-57(55-64-58(61)52-49-46-43-40-37-34-24-21-18-15-12-9-6-3)66-60(63)54-51-48-45-42-39-36-32-28-26-23-20-17-14-11-8-5-2/h7,9-10,12,15-16,18-19,21,24-25,27-28,30-32,34-35,37-38,40,43,57H,4-6,8,11,13-14,17,20,22-23,26,29,33,36,39,41-42,44-56H2,1-3H3/b10-7-,12-9-,18-15-,19-16-,24-21-,27-25-,31-30-,32-28-,37-34-,38-35-,43-40-. The van der Waals surface area contributed by atoms with E-state index in [1.165, 1.54) is 57.8 Å². The summed E-state index contributed by atoms with van der Waals surface area (Å²) in [7, 11) is 0. The fourth-order valence-corrected chi connectivity index (χ4v) is 6.61. The Morgan fingerprint density at radius 1 is 0.333 bits per heavy atom. The molecule has 0 fully saturated rings. The van der Waals surface area contributed by atoms with Crippen LogP contribution in [0.25, 0.3) is 0 Å². The van der Waals surface area contributed by atoms with E-state index in [0.29, 0.717) is 12.8 Å². The largest absolute Gasteiger partial charge is 0.462 e. The Labute approximate surface area is 405 Å². The summed E-state index contributed by atoms with van der Waals surface area (Å²) < 4.78 is 16.7. The van der Waals surface area contributed by atoms with Crippen molar-refractivity contribution >= 4 is 17.9 Å². The van der Waals surface area contributed by atoms with E-state index in [4.69, 9.17) is 14.2 Å². The lowest BCUT2D eigenvalue weighted by Crippen LogP contribution is -2.30. The predicted molar refractivity (Wildman–Crippen MR) is 283 cm³/mol. The number of unbranched alkanes of at least 4 members (excludes halogenated alkanes) is 16. The highest BCUT2D eigenvalue weighted by Gasteiger charge is 2.19. The molecule has 0 spiro atoms. The van der Waals surface area contributed by atoms with Gasteiger partial charge < -0.3 is 14.2 Å². The number of rotatable bonds is 45. The number of hydrogen-bond acceptors (Lipinski definition) is 6. The molecular formula is C60H94O6. The van der Waals surface area contributed by atoms with E-state index in [2.05, 4.69) is 99.8 Å². The summed E-state index contributed by atoms with van der Waals surface area (Å²) in [4.78, 5) is 38.0. The molecule has 6 nitrogen and oxygen atoms in total. The van der Waals surface area contributed by atoms with Crippen LogP contribution in [0.4, 0.5) is 0 Å². The Balaban J connectivity index is 4.56. The smallest absolute Gasteiger partial charge is 0.306 e. The molecular weight excluding hydrogens is 817 g/mol. The third kappa shape index (κ3) is 50.5. The quantitative estimate of drug-likeness (QED) is 0.0199. The van der Waals surface area contributed by atoms with Crippen molar-refractivity contribution in [2.45, 2.75) is 213 Å². The van der Waals surface area contributed by atoms with Crippen molar-refractivity contribution in [1.29, 1.82) is 0 Å². The third-order valence-electron chi connectivity index (χ3n) is 10.5. The summed E-state index contributed by atoms with van der Waals surface area (Å²) in [5.41, 5.74) is 0. The van der Waals surface area contributed by atoms with Crippen molar-refractivity contribution in [2.75, 3.05) is 13.2 Å². The number of carbonyl (C=O) groups is 3. The lowest BCUT2D eigenvalue weighted by Gasteiger charge is -2.18. The average molecular weight is 911 g/mol. The number of hydrogen-bond donors (Lipinski definition) is 0. The summed E-state index contributed by atoms with van der Waals surface area (Å²) in [6, 6.07) is 0. The Bertz CT molecular complexity index is 1460. The van der Waals surface area contributed by atoms with Gasteiger partial charge in [0.2, 0.25) is 0 Å². The third-order valence-corrected chi connectivity index (χ3v) is 10.5. The van der Waals surface area contributed by atoms with Crippen LogP contribution in [0.3, 0.4) is 0 Å². The van der Waals surface area contributed by atoms with Gasteiger partial charge in [0.1, 0.15) is 13.2 Å². The number of esters is 3. The average Bonchev–Trinajstić information content (AvgIpc) is 3.31. The monoisotopic (exact) mass is 911 g/mol. The first kappa shape index (κ1) is 61.5. The molecule has 0 saturated heterocycles. The van der Waals surface area contributed by atoms with Gasteiger partial charge in [-0.05, 0) is 103 Å². The zero-order chi connectivity index (χ0) is 47.9. The van der Waals surface area contributed by atoms with Gasteiger partial charge in [0.25, 0.3) is 0 Å². The molecule has 0 heterocycles. The summed E-state index contributed by atoms with van der Waals surface area (Å²) in [5, 5.41) is 0. The first-order chi connectivity index (χ1) is 32.5. The molecule has 0 aliphatic carbocycles. The van der Waals surface area contributed by atoms with E-state index in [1.807, 2.05) is 54.7 Å². The molecule has 0 N–H and O–H groups in total. The van der Waals surface area contributed by atoms with Crippen molar-refractivity contribution < 1.29 is 28.6 Å². The second-order valence-electron chi connectivity index (χ2n) is 16.8. The van der Waals surface area contributed by atoms with Gasteiger partial charge in [-0.2, -0.15) is 0 Å². The minimum absolute atomic E-state index is 0.126. The Morgan fingerprint density at radius 3 is 1.18 bits per heavy atom. The predicted octanol–water partition coefficient (Wildman–Crippen LogP) is 17.5. The molecule has 370 valence electrons. The molecule has 0 aliphatic heterocycles. The van der Waals surface area contributed by atoms with Gasteiger partial charge >= 0.3 is 17.9 Å². The molecule has 6 heteroatoms. The van der Waals surface area contributed by atoms with Crippen LogP contribution in [0.15, 0.2) is 134 Å². The minimum Gasteiger partial charge on any atom is -0.462 e. The second-order valence-corrected chi connectivity index (χ2v) is 16.8. The molecule has 1 unspecified atom stereocenters. The first-order valence-corrected chi connectivity index (χ1v) is 26.3. The van der Waals surface area contributed by atoms with Crippen LogP contribution in [0.2, 0.25) is 0 Å². The Kier molecular flexibility index (Phi) is 49.6. The van der Waals surface area contributed by atoms with Crippen LogP contribution < -0.4 is 0 Å². The number of carbonyl (C=O) groups excluding carboxylic acids is 3. The van der Waals surface area contributed by atoms with E-state index in [0.717, 1.165) is 103 Å². The van der Waals surface area contributed by atoms with Crippen molar-refractivity contribution in [3.8, 4) is 0 Å². The van der Waals surface area contributed by atoms with Gasteiger partial charge in [-0.25, -0.2) is 0 Å². The molecule has 0 saturated carbocycles. The zero-order valence-electron chi connectivity index (χ0n) is 42.1.